The summed E-state index contributed by atoms with van der Waals surface area (Å²) in [5.74, 6) is 0.552. The molecule has 1 aliphatic heterocycles. The molecule has 1 N–H and O–H groups in total. The second-order valence-electron chi connectivity index (χ2n) is 9.21. The molecule has 2 heterocycles. The minimum Gasteiger partial charge on any atom is -0.454 e. The monoisotopic (exact) mass is 574 g/mol. The third-order valence-corrected chi connectivity index (χ3v) is 7.42. The molecule has 2 amide bonds. The number of nitrogens with zero attached hydrogens (tertiary/aromatic N) is 3. The third-order valence-electron chi connectivity index (χ3n) is 6.22. The molecule has 0 aliphatic carbocycles. The minimum atomic E-state index is -0.948. The highest BCUT2D eigenvalue weighted by Crippen LogP contribution is 2.35. The van der Waals surface area contributed by atoms with Crippen LogP contribution in [0.15, 0.2) is 84.0 Å². The fourth-order valence-electron chi connectivity index (χ4n) is 4.39. The number of fused-ring (bicyclic) bond motifs is 1. The Bertz CT molecular complexity index is 1520. The number of anilines is 1. The van der Waals surface area contributed by atoms with Gasteiger partial charge in [0.15, 0.2) is 16.7 Å². The summed E-state index contributed by atoms with van der Waals surface area (Å²) in [7, 11) is 0. The molecule has 204 valence electrons. The van der Waals surface area contributed by atoms with Gasteiger partial charge in [-0.2, -0.15) is 0 Å². The molecule has 0 fully saturated rings. The van der Waals surface area contributed by atoms with Crippen molar-refractivity contribution >= 4 is 40.9 Å². The van der Waals surface area contributed by atoms with Gasteiger partial charge in [0.25, 0.3) is 5.91 Å². The van der Waals surface area contributed by atoms with Crippen molar-refractivity contribution in [3.63, 3.8) is 0 Å². The maximum Gasteiger partial charge on any atom is 0.251 e. The molecule has 0 saturated heterocycles. The molecule has 0 unspecified atom stereocenters. The first-order chi connectivity index (χ1) is 19.4. The molecule has 1 aliphatic rings. The number of carbonyl (C=O) groups excluding carboxylic acids is 2. The summed E-state index contributed by atoms with van der Waals surface area (Å²) in [6.45, 7) is 4.02. The van der Waals surface area contributed by atoms with Crippen molar-refractivity contribution in [2.24, 2.45) is 0 Å². The molecule has 1 aromatic heterocycles. The Balaban J connectivity index is 1.48. The lowest BCUT2D eigenvalue weighted by atomic mass is 10.0. The molecular formula is C30H27ClN4O4S. The lowest BCUT2D eigenvalue weighted by Crippen LogP contribution is -2.42. The molecular weight excluding hydrogens is 548 g/mol. The number of amides is 2. The summed E-state index contributed by atoms with van der Waals surface area (Å²) in [4.78, 5) is 38.3. The van der Waals surface area contributed by atoms with Crippen molar-refractivity contribution in [1.29, 1.82) is 0 Å². The van der Waals surface area contributed by atoms with E-state index in [9.17, 15) is 9.59 Å². The zero-order valence-corrected chi connectivity index (χ0v) is 23.5. The predicted octanol–water partition coefficient (Wildman–Crippen LogP) is 5.98. The Kier molecular flexibility index (Phi) is 8.52. The van der Waals surface area contributed by atoms with Gasteiger partial charge in [-0.05, 0) is 49.2 Å². The van der Waals surface area contributed by atoms with E-state index in [0.29, 0.717) is 32.9 Å². The first kappa shape index (κ1) is 27.5. The predicted molar refractivity (Wildman–Crippen MR) is 155 cm³/mol. The van der Waals surface area contributed by atoms with Crippen LogP contribution in [-0.2, 0) is 16.1 Å². The standard InChI is InChI=1S/C30H27ClN4O4S/c1-19-14-20(2)33-30(32-19)40-17-27(36)35(16-22-10-6-7-11-24(22)31)28(21-8-4-3-5-9-21)29(37)34-23-12-13-25-26(15-23)39-18-38-25/h3-15,28H,16-18H2,1-2H3,(H,34,37)/t28-/m1/s1. The summed E-state index contributed by atoms with van der Waals surface area (Å²) < 4.78 is 10.9. The summed E-state index contributed by atoms with van der Waals surface area (Å²) in [6.07, 6.45) is 0. The van der Waals surface area contributed by atoms with Gasteiger partial charge in [0.2, 0.25) is 12.7 Å². The lowest BCUT2D eigenvalue weighted by molar-refractivity contribution is -0.137. The van der Waals surface area contributed by atoms with Gasteiger partial charge < -0.3 is 19.7 Å². The molecule has 8 nitrogen and oxygen atoms in total. The normalized spacial score (nSPS) is 12.6. The van der Waals surface area contributed by atoms with Gasteiger partial charge in [0.1, 0.15) is 6.04 Å². The maximum atomic E-state index is 14.0. The maximum absolute atomic E-state index is 14.0. The Morgan fingerprint density at radius 1 is 0.950 bits per heavy atom. The van der Waals surface area contributed by atoms with E-state index < -0.39 is 6.04 Å². The van der Waals surface area contributed by atoms with Crippen molar-refractivity contribution in [3.8, 4) is 11.5 Å². The van der Waals surface area contributed by atoms with Gasteiger partial charge in [-0.3, -0.25) is 9.59 Å². The van der Waals surface area contributed by atoms with Crippen LogP contribution in [0.5, 0.6) is 11.5 Å². The van der Waals surface area contributed by atoms with Crippen LogP contribution in [0.3, 0.4) is 0 Å². The van der Waals surface area contributed by atoms with E-state index in [1.54, 1.807) is 29.2 Å². The van der Waals surface area contributed by atoms with E-state index in [-0.39, 0.29) is 30.9 Å². The number of hydrogen-bond acceptors (Lipinski definition) is 7. The Morgan fingerprint density at radius 3 is 2.40 bits per heavy atom. The Morgan fingerprint density at radius 2 is 1.65 bits per heavy atom. The van der Waals surface area contributed by atoms with Crippen LogP contribution >= 0.6 is 23.4 Å². The summed E-state index contributed by atoms with van der Waals surface area (Å²) in [5.41, 5.74) is 3.55. The van der Waals surface area contributed by atoms with Gasteiger partial charge in [0, 0.05) is 34.7 Å². The number of halogens is 1. The zero-order valence-electron chi connectivity index (χ0n) is 22.0. The fourth-order valence-corrected chi connectivity index (χ4v) is 5.43. The molecule has 4 aromatic rings. The number of ether oxygens (including phenoxy) is 2. The van der Waals surface area contributed by atoms with E-state index >= 15 is 0 Å². The first-order valence-corrected chi connectivity index (χ1v) is 14.0. The van der Waals surface area contributed by atoms with Crippen LogP contribution in [0.25, 0.3) is 0 Å². The van der Waals surface area contributed by atoms with E-state index in [2.05, 4.69) is 15.3 Å². The Labute approximate surface area is 241 Å². The quantitative estimate of drug-likeness (QED) is 0.194. The van der Waals surface area contributed by atoms with E-state index in [1.807, 2.05) is 68.4 Å². The van der Waals surface area contributed by atoms with E-state index in [1.165, 1.54) is 11.8 Å². The van der Waals surface area contributed by atoms with E-state index in [0.717, 1.165) is 17.0 Å². The molecule has 5 rings (SSSR count). The van der Waals surface area contributed by atoms with Crippen LogP contribution in [0.2, 0.25) is 5.02 Å². The second kappa shape index (κ2) is 12.4. The third kappa shape index (κ3) is 6.55. The highest BCUT2D eigenvalue weighted by atomic mass is 35.5. The van der Waals surface area contributed by atoms with Crippen molar-refractivity contribution < 1.29 is 19.1 Å². The number of carbonyl (C=O) groups is 2. The van der Waals surface area contributed by atoms with Crippen LogP contribution in [0.1, 0.15) is 28.6 Å². The zero-order chi connectivity index (χ0) is 28.1. The summed E-state index contributed by atoms with van der Waals surface area (Å²) in [5, 5.41) is 3.97. The SMILES string of the molecule is Cc1cc(C)nc(SCC(=O)N(Cc2ccccc2Cl)[C@@H](C(=O)Nc2ccc3c(c2)OCO3)c2ccccc2)n1. The van der Waals surface area contributed by atoms with Crippen LogP contribution in [0, 0.1) is 13.8 Å². The van der Waals surface area contributed by atoms with Crippen molar-refractivity contribution in [2.75, 3.05) is 17.9 Å². The van der Waals surface area contributed by atoms with Gasteiger partial charge in [-0.15, -0.1) is 0 Å². The molecule has 0 saturated carbocycles. The highest BCUT2D eigenvalue weighted by Gasteiger charge is 2.32. The summed E-state index contributed by atoms with van der Waals surface area (Å²) in [6, 6.07) is 22.6. The fraction of sp³-hybridized carbons (Fsp3) is 0.200. The largest absolute Gasteiger partial charge is 0.454 e. The summed E-state index contributed by atoms with van der Waals surface area (Å²) >= 11 is 7.74. The first-order valence-electron chi connectivity index (χ1n) is 12.6. The molecule has 40 heavy (non-hydrogen) atoms. The van der Waals surface area contributed by atoms with Gasteiger partial charge in [-0.1, -0.05) is 71.9 Å². The highest BCUT2D eigenvalue weighted by molar-refractivity contribution is 7.99. The van der Waals surface area contributed by atoms with Crippen molar-refractivity contribution in [1.82, 2.24) is 14.9 Å². The van der Waals surface area contributed by atoms with Gasteiger partial charge >= 0.3 is 0 Å². The Hall–Kier alpha value is -4.08. The number of aromatic nitrogens is 2. The number of thioether (sulfide) groups is 1. The smallest absolute Gasteiger partial charge is 0.251 e. The number of rotatable bonds is 9. The second-order valence-corrected chi connectivity index (χ2v) is 10.6. The average Bonchev–Trinajstić information content (AvgIpc) is 3.40. The van der Waals surface area contributed by atoms with Crippen LogP contribution in [-0.4, -0.2) is 39.2 Å². The molecule has 10 heteroatoms. The topological polar surface area (TPSA) is 93.7 Å². The lowest BCUT2D eigenvalue weighted by Gasteiger charge is -2.32. The molecule has 0 spiro atoms. The van der Waals surface area contributed by atoms with Crippen molar-refractivity contribution in [2.45, 2.75) is 31.6 Å². The number of hydrogen-bond donors (Lipinski definition) is 1. The number of aryl methyl sites for hydroxylation is 2. The van der Waals surface area contributed by atoms with Crippen molar-refractivity contribution in [3.05, 3.63) is 106 Å². The molecule has 0 radical (unpaired) electrons. The number of nitrogens with one attached hydrogen (secondary N) is 1. The van der Waals surface area contributed by atoms with Crippen LogP contribution < -0.4 is 14.8 Å². The van der Waals surface area contributed by atoms with E-state index in [4.69, 9.17) is 21.1 Å². The molecule has 3 aromatic carbocycles. The molecule has 0 bridgehead atoms. The minimum absolute atomic E-state index is 0.0357. The average molecular weight is 575 g/mol. The van der Waals surface area contributed by atoms with Gasteiger partial charge in [0.05, 0.1) is 5.75 Å². The van der Waals surface area contributed by atoms with Gasteiger partial charge in [-0.25, -0.2) is 9.97 Å². The van der Waals surface area contributed by atoms with Crippen LogP contribution in [0.4, 0.5) is 5.69 Å². The molecule has 1 atom stereocenters. The number of benzene rings is 3.